The molecule has 0 aromatic carbocycles. The number of aldehydes is 1. The van der Waals surface area contributed by atoms with Crippen molar-refractivity contribution in [2.75, 3.05) is 0 Å². The molecule has 10 heteroatoms. The molecule has 0 aliphatic carbocycles. The smallest absolute Gasteiger partial charge is 0.368 e. The Morgan fingerprint density at radius 1 is 1.27 bits per heavy atom. The summed E-state index contributed by atoms with van der Waals surface area (Å²) in [7, 11) is 0. The van der Waals surface area contributed by atoms with Crippen molar-refractivity contribution in [3.63, 3.8) is 0 Å². The maximum Gasteiger partial charge on any atom is 0.438 e. The zero-order chi connectivity index (χ0) is 12.2. The zero-order valence-electron chi connectivity index (χ0n) is 7.17. The predicted molar refractivity (Wildman–Crippen MR) is 45.2 cm³/mol. The van der Waals surface area contributed by atoms with E-state index in [4.69, 9.17) is 22.3 Å². The Bertz CT molecular complexity index is 307. The summed E-state index contributed by atoms with van der Waals surface area (Å²) in [6, 6.07) is 0. The van der Waals surface area contributed by atoms with Crippen molar-refractivity contribution in [1.82, 2.24) is 5.01 Å². The zero-order valence-corrected chi connectivity index (χ0v) is 7.17. The third-order valence-electron chi connectivity index (χ3n) is 1.07. The molecule has 0 bridgehead atoms. The maximum atomic E-state index is 12.0. The number of nitrogens with one attached hydrogen (secondary N) is 2. The normalized spacial score (nSPS) is 12.1. The fraction of sp³-hybridized carbons (Fsp3) is 0.200. The van der Waals surface area contributed by atoms with Crippen molar-refractivity contribution in [1.29, 1.82) is 10.8 Å². The highest BCUT2D eigenvalue weighted by Gasteiger charge is 2.36. The van der Waals surface area contributed by atoms with Crippen LogP contribution in [0.5, 0.6) is 0 Å². The van der Waals surface area contributed by atoms with Gasteiger partial charge in [-0.15, -0.1) is 0 Å². The molecule has 0 aliphatic rings. The first-order valence-corrected chi connectivity index (χ1v) is 3.29. The van der Waals surface area contributed by atoms with Crippen LogP contribution in [0.2, 0.25) is 0 Å². The highest BCUT2D eigenvalue weighted by molar-refractivity contribution is 6.31. The number of hydrogen-bond acceptors (Lipinski definition) is 4. The van der Waals surface area contributed by atoms with Crippen molar-refractivity contribution in [2.45, 2.75) is 6.18 Å². The third-order valence-corrected chi connectivity index (χ3v) is 1.07. The van der Waals surface area contributed by atoms with Crippen molar-refractivity contribution >= 4 is 23.9 Å². The molecular weight excluding hydrogens is 217 g/mol. The molecule has 0 rings (SSSR count). The first-order chi connectivity index (χ1) is 6.70. The van der Waals surface area contributed by atoms with Gasteiger partial charge in [0, 0.05) is 0 Å². The van der Waals surface area contributed by atoms with Crippen molar-refractivity contribution in [2.24, 2.45) is 16.6 Å². The lowest BCUT2D eigenvalue weighted by molar-refractivity contribution is -0.107. The molecule has 0 atom stereocenters. The summed E-state index contributed by atoms with van der Waals surface area (Å²) in [4.78, 5) is 10.0. The van der Waals surface area contributed by atoms with E-state index in [-0.39, 0.29) is 5.01 Å². The van der Waals surface area contributed by atoms with Crippen molar-refractivity contribution < 1.29 is 18.0 Å². The van der Waals surface area contributed by atoms with Crippen LogP contribution >= 0.6 is 0 Å². The summed E-state index contributed by atoms with van der Waals surface area (Å²) in [6.07, 6.45) is -5.57. The Morgan fingerprint density at radius 2 is 1.67 bits per heavy atom. The summed E-state index contributed by atoms with van der Waals surface area (Å²) in [6.45, 7) is 0. The third kappa shape index (κ3) is 3.62. The number of carbonyl (C=O) groups is 1. The van der Waals surface area contributed by atoms with Gasteiger partial charge in [0.25, 0.3) is 0 Å². The number of hydrazone groups is 1. The molecule has 0 amide bonds. The maximum absolute atomic E-state index is 12.0. The molecule has 84 valence electrons. The minimum absolute atomic E-state index is 0.0305. The lowest BCUT2D eigenvalue weighted by Crippen LogP contribution is -2.43. The Hall–Kier alpha value is -2.13. The number of guanidine groups is 2. The summed E-state index contributed by atoms with van der Waals surface area (Å²) in [5, 5.41) is 16.1. The minimum atomic E-state index is -5.00. The van der Waals surface area contributed by atoms with E-state index >= 15 is 0 Å². The second kappa shape index (κ2) is 4.39. The summed E-state index contributed by atoms with van der Waals surface area (Å²) in [5.41, 5.74) is 7.72. The van der Waals surface area contributed by atoms with Gasteiger partial charge in [-0.25, -0.2) is 0 Å². The van der Waals surface area contributed by atoms with Crippen LogP contribution in [-0.4, -0.2) is 35.1 Å². The van der Waals surface area contributed by atoms with E-state index in [9.17, 15) is 18.0 Å². The van der Waals surface area contributed by atoms with E-state index in [1.54, 1.807) is 0 Å². The van der Waals surface area contributed by atoms with Crippen molar-refractivity contribution in [3.05, 3.63) is 0 Å². The van der Waals surface area contributed by atoms with Gasteiger partial charge >= 0.3 is 6.18 Å². The van der Waals surface area contributed by atoms with Crippen LogP contribution in [0.25, 0.3) is 0 Å². The van der Waals surface area contributed by atoms with Gasteiger partial charge in [-0.2, -0.15) is 23.3 Å². The van der Waals surface area contributed by atoms with Gasteiger partial charge < -0.3 is 11.5 Å². The van der Waals surface area contributed by atoms with E-state index in [1.807, 2.05) is 0 Å². The van der Waals surface area contributed by atoms with E-state index < -0.39 is 30.1 Å². The number of alkyl halides is 3. The minimum Gasteiger partial charge on any atom is -0.368 e. The van der Waals surface area contributed by atoms with Crippen LogP contribution < -0.4 is 11.5 Å². The van der Waals surface area contributed by atoms with E-state index in [1.165, 1.54) is 0 Å². The molecule has 0 saturated heterocycles. The molecule has 7 nitrogen and oxygen atoms in total. The Morgan fingerprint density at radius 3 is 1.87 bits per heavy atom. The van der Waals surface area contributed by atoms with Gasteiger partial charge in [-0.3, -0.25) is 15.6 Å². The van der Waals surface area contributed by atoms with Gasteiger partial charge in [0.1, 0.15) is 0 Å². The van der Waals surface area contributed by atoms with Crippen LogP contribution in [0.1, 0.15) is 0 Å². The van der Waals surface area contributed by atoms with Gasteiger partial charge in [0.05, 0.1) is 0 Å². The monoisotopic (exact) mass is 224 g/mol. The van der Waals surface area contributed by atoms with E-state index in [0.717, 1.165) is 0 Å². The molecule has 0 saturated carbocycles. The second-order valence-electron chi connectivity index (χ2n) is 2.18. The Balaban J connectivity index is 5.20. The number of carbonyl (C=O) groups excluding carboxylic acids is 1. The van der Waals surface area contributed by atoms with E-state index in [2.05, 4.69) is 5.10 Å². The van der Waals surface area contributed by atoms with E-state index in [0.29, 0.717) is 0 Å². The lowest BCUT2D eigenvalue weighted by Gasteiger charge is -2.15. The molecule has 0 heterocycles. The number of halogens is 3. The first kappa shape index (κ1) is 12.9. The predicted octanol–water partition coefficient (Wildman–Crippen LogP) is -0.807. The molecule has 0 radical (unpaired) electrons. The summed E-state index contributed by atoms with van der Waals surface area (Å²) >= 11 is 0. The van der Waals surface area contributed by atoms with Gasteiger partial charge in [-0.05, 0) is 0 Å². The number of hydrogen-bond donors (Lipinski definition) is 4. The average molecular weight is 224 g/mol. The molecule has 0 aromatic heterocycles. The average Bonchev–Trinajstić information content (AvgIpc) is 2.01. The van der Waals surface area contributed by atoms with Crippen LogP contribution in [-0.2, 0) is 4.79 Å². The van der Waals surface area contributed by atoms with Crippen LogP contribution in [0, 0.1) is 10.8 Å². The topological polar surface area (TPSA) is 132 Å². The molecule has 0 spiro atoms. The standard InChI is InChI=1S/C5H7F3N6O/c6-5(7,8)2(1-15)13-14(3(9)10)4(11)12/h1H,(H3,9,10)(H3,11,12)/b13-2+. The second-order valence-corrected chi connectivity index (χ2v) is 2.18. The van der Waals surface area contributed by atoms with Crippen LogP contribution in [0.3, 0.4) is 0 Å². The fourth-order valence-electron chi connectivity index (χ4n) is 0.492. The molecule has 0 aliphatic heterocycles. The number of nitrogens with zero attached hydrogens (tertiary/aromatic N) is 2. The van der Waals surface area contributed by atoms with Gasteiger partial charge in [0.15, 0.2) is 6.29 Å². The molecule has 15 heavy (non-hydrogen) atoms. The molecular formula is C5H7F3N6O. The molecule has 6 N–H and O–H groups in total. The van der Waals surface area contributed by atoms with Crippen molar-refractivity contribution in [3.8, 4) is 0 Å². The number of rotatable bonds is 2. The SMILES string of the molecule is N=C(N)N(/N=C(\C=O)C(F)(F)F)C(=N)N. The van der Waals surface area contributed by atoms with Crippen LogP contribution in [0.15, 0.2) is 5.10 Å². The van der Waals surface area contributed by atoms with Gasteiger partial charge in [-0.1, -0.05) is 0 Å². The molecule has 0 aromatic rings. The lowest BCUT2D eigenvalue weighted by atomic mass is 10.4. The first-order valence-electron chi connectivity index (χ1n) is 3.29. The Kier molecular flexibility index (Phi) is 3.77. The summed E-state index contributed by atoms with van der Waals surface area (Å²) in [5.74, 6) is -2.02. The highest BCUT2D eigenvalue weighted by Crippen LogP contribution is 2.16. The summed E-state index contributed by atoms with van der Waals surface area (Å²) < 4.78 is 36.0. The Labute approximate surface area is 81.5 Å². The molecule has 0 fully saturated rings. The fourth-order valence-corrected chi connectivity index (χ4v) is 0.492. The quantitative estimate of drug-likeness (QED) is 0.211. The highest BCUT2D eigenvalue weighted by atomic mass is 19.4. The number of nitrogens with two attached hydrogens (primary N) is 2. The largest absolute Gasteiger partial charge is 0.438 e. The van der Waals surface area contributed by atoms with Gasteiger partial charge in [0.2, 0.25) is 17.6 Å². The molecule has 0 unspecified atom stereocenters. The van der Waals surface area contributed by atoms with Crippen LogP contribution in [0.4, 0.5) is 13.2 Å².